The van der Waals surface area contributed by atoms with Crippen LogP contribution in [0.1, 0.15) is 24.8 Å². The molecule has 0 bridgehead atoms. The molecule has 4 rings (SSSR count). The summed E-state index contributed by atoms with van der Waals surface area (Å²) in [6.45, 7) is 2.40. The number of carbonyl (C=O) groups excluding carboxylic acids is 2. The van der Waals surface area contributed by atoms with E-state index in [0.29, 0.717) is 11.6 Å². The Morgan fingerprint density at radius 2 is 1.85 bits per heavy atom. The highest BCUT2D eigenvalue weighted by atomic mass is 35.5. The Labute approximate surface area is 157 Å². The van der Waals surface area contributed by atoms with Gasteiger partial charge in [0.05, 0.1) is 0 Å². The summed E-state index contributed by atoms with van der Waals surface area (Å²) in [5, 5.41) is 3.12. The molecule has 1 aromatic rings. The summed E-state index contributed by atoms with van der Waals surface area (Å²) < 4.78 is 0. The molecule has 0 saturated carbocycles. The van der Waals surface area contributed by atoms with Gasteiger partial charge in [0, 0.05) is 31.7 Å². The van der Waals surface area contributed by atoms with Crippen LogP contribution in [0.15, 0.2) is 29.3 Å². The number of imide groups is 1. The third-order valence-electron chi connectivity index (χ3n) is 5.24. The molecule has 3 aliphatic rings. The summed E-state index contributed by atoms with van der Waals surface area (Å²) in [6, 6.07) is 6.70. The van der Waals surface area contributed by atoms with E-state index in [0.717, 1.165) is 37.5 Å². The number of amides is 3. The molecule has 1 N–H and O–H groups in total. The van der Waals surface area contributed by atoms with Crippen molar-refractivity contribution in [2.24, 2.45) is 4.99 Å². The van der Waals surface area contributed by atoms with E-state index < -0.39 is 18.2 Å². The van der Waals surface area contributed by atoms with Crippen molar-refractivity contribution in [3.05, 3.63) is 34.9 Å². The van der Waals surface area contributed by atoms with Crippen LogP contribution in [-0.4, -0.2) is 64.9 Å². The molecule has 3 heterocycles. The molecule has 7 nitrogen and oxygen atoms in total. The largest absolute Gasteiger partial charge is 0.343 e. The number of piperidine rings is 1. The average molecular weight is 376 g/mol. The van der Waals surface area contributed by atoms with E-state index in [9.17, 15) is 9.59 Å². The lowest BCUT2D eigenvalue weighted by Gasteiger charge is -2.38. The van der Waals surface area contributed by atoms with Crippen LogP contribution in [-0.2, 0) is 11.3 Å². The molecule has 2 saturated heterocycles. The van der Waals surface area contributed by atoms with Crippen molar-refractivity contribution in [3.63, 3.8) is 0 Å². The maximum atomic E-state index is 12.6. The van der Waals surface area contributed by atoms with Gasteiger partial charge in [-0.2, -0.15) is 0 Å². The molecular formula is C18H22ClN5O2. The number of likely N-dealkylation sites (N-methyl/N-ethyl adjacent to an activating group) is 1. The normalized spacial score (nSPS) is 25.9. The predicted octanol–water partition coefficient (Wildman–Crippen LogP) is 1.87. The monoisotopic (exact) mass is 375 g/mol. The molecular weight excluding hydrogens is 354 g/mol. The van der Waals surface area contributed by atoms with E-state index in [1.165, 1.54) is 11.3 Å². The second kappa shape index (κ2) is 6.79. The molecule has 0 aromatic heterocycles. The third-order valence-corrected chi connectivity index (χ3v) is 5.50. The molecule has 0 aliphatic carbocycles. The van der Waals surface area contributed by atoms with E-state index in [2.05, 4.69) is 10.2 Å². The summed E-state index contributed by atoms with van der Waals surface area (Å²) in [6.07, 6.45) is 2.96. The number of nitrogens with zero attached hydrogens (tertiary/aromatic N) is 4. The highest BCUT2D eigenvalue weighted by Gasteiger charge is 2.49. The van der Waals surface area contributed by atoms with Gasteiger partial charge in [-0.3, -0.25) is 10.1 Å². The molecule has 0 radical (unpaired) electrons. The molecule has 26 heavy (non-hydrogen) atoms. The van der Waals surface area contributed by atoms with Crippen molar-refractivity contribution in [2.75, 3.05) is 20.1 Å². The Kier molecular flexibility index (Phi) is 4.48. The van der Waals surface area contributed by atoms with E-state index >= 15 is 0 Å². The summed E-state index contributed by atoms with van der Waals surface area (Å²) in [7, 11) is 1.68. The van der Waals surface area contributed by atoms with Gasteiger partial charge in [0.1, 0.15) is 0 Å². The zero-order chi connectivity index (χ0) is 18.3. The molecule has 3 aliphatic heterocycles. The smallest absolute Gasteiger partial charge is 0.325 e. The minimum atomic E-state index is -0.509. The van der Waals surface area contributed by atoms with E-state index in [1.54, 1.807) is 7.05 Å². The lowest BCUT2D eigenvalue weighted by atomic mass is 10.1. The van der Waals surface area contributed by atoms with Gasteiger partial charge in [-0.1, -0.05) is 23.7 Å². The van der Waals surface area contributed by atoms with E-state index in [1.807, 2.05) is 29.2 Å². The van der Waals surface area contributed by atoms with Crippen molar-refractivity contribution >= 4 is 29.5 Å². The maximum absolute atomic E-state index is 12.6. The van der Waals surface area contributed by atoms with Gasteiger partial charge in [-0.15, -0.1) is 0 Å². The highest BCUT2D eigenvalue weighted by molar-refractivity contribution is 6.30. The number of hydrogen-bond acceptors (Lipinski definition) is 5. The molecule has 3 amide bonds. The van der Waals surface area contributed by atoms with Gasteiger partial charge in [-0.05, 0) is 37.0 Å². The van der Waals surface area contributed by atoms with Gasteiger partial charge in [-0.25, -0.2) is 9.79 Å². The van der Waals surface area contributed by atoms with E-state index in [-0.39, 0.29) is 5.91 Å². The first-order chi connectivity index (χ1) is 12.5. The van der Waals surface area contributed by atoms with Crippen LogP contribution < -0.4 is 5.32 Å². The maximum Gasteiger partial charge on any atom is 0.325 e. The molecule has 1 aromatic carbocycles. The van der Waals surface area contributed by atoms with Crippen LogP contribution in [0, 0.1) is 0 Å². The second-order valence-electron chi connectivity index (χ2n) is 6.99. The van der Waals surface area contributed by atoms with Crippen molar-refractivity contribution in [1.29, 1.82) is 0 Å². The van der Waals surface area contributed by atoms with E-state index in [4.69, 9.17) is 16.6 Å². The molecule has 2 atom stereocenters. The Balaban J connectivity index is 1.67. The minimum Gasteiger partial charge on any atom is -0.343 e. The van der Waals surface area contributed by atoms with Gasteiger partial charge < -0.3 is 14.7 Å². The lowest BCUT2D eigenvalue weighted by Crippen LogP contribution is -2.64. The van der Waals surface area contributed by atoms with Crippen LogP contribution >= 0.6 is 11.6 Å². The number of carbonyl (C=O) groups is 2. The number of likely N-dealkylation sites (tertiary alicyclic amines) is 1. The first-order valence-electron chi connectivity index (χ1n) is 8.96. The SMILES string of the molecule is CN1C(=O)NC(=O)C2C1N=C(N1CCCCC1)N2Cc1ccc(Cl)cc1. The summed E-state index contributed by atoms with van der Waals surface area (Å²) in [5.74, 6) is 0.522. The van der Waals surface area contributed by atoms with Crippen molar-refractivity contribution in [1.82, 2.24) is 20.0 Å². The number of nitrogens with one attached hydrogen (secondary N) is 1. The predicted molar refractivity (Wildman–Crippen MR) is 98.7 cm³/mol. The fourth-order valence-corrected chi connectivity index (χ4v) is 3.95. The number of halogens is 1. The lowest BCUT2D eigenvalue weighted by molar-refractivity contribution is -0.127. The first kappa shape index (κ1) is 17.1. The zero-order valence-corrected chi connectivity index (χ0v) is 15.4. The first-order valence-corrected chi connectivity index (χ1v) is 9.34. The van der Waals surface area contributed by atoms with Gasteiger partial charge in [0.15, 0.2) is 18.2 Å². The highest BCUT2D eigenvalue weighted by Crippen LogP contribution is 2.28. The number of rotatable bonds is 2. The number of hydrogen-bond donors (Lipinski definition) is 1. The molecule has 8 heteroatoms. The second-order valence-corrected chi connectivity index (χ2v) is 7.43. The van der Waals surface area contributed by atoms with Crippen LogP contribution in [0.2, 0.25) is 5.02 Å². The summed E-state index contributed by atoms with van der Waals surface area (Å²) in [4.78, 5) is 35.2. The number of fused-ring (bicyclic) bond motifs is 1. The van der Waals surface area contributed by atoms with Gasteiger partial charge in [0.25, 0.3) is 5.91 Å². The zero-order valence-electron chi connectivity index (χ0n) is 14.7. The molecule has 0 spiro atoms. The number of guanidine groups is 1. The average Bonchev–Trinajstić information content (AvgIpc) is 3.02. The molecule has 138 valence electrons. The fraction of sp³-hybridized carbons (Fsp3) is 0.500. The van der Waals surface area contributed by atoms with Gasteiger partial charge >= 0.3 is 6.03 Å². The van der Waals surface area contributed by atoms with Crippen LogP contribution in [0.5, 0.6) is 0 Å². The summed E-state index contributed by atoms with van der Waals surface area (Å²) in [5.41, 5.74) is 1.05. The van der Waals surface area contributed by atoms with Crippen molar-refractivity contribution in [3.8, 4) is 0 Å². The number of benzene rings is 1. The summed E-state index contributed by atoms with van der Waals surface area (Å²) >= 11 is 5.99. The van der Waals surface area contributed by atoms with Crippen molar-refractivity contribution in [2.45, 2.75) is 38.0 Å². The van der Waals surface area contributed by atoms with Gasteiger partial charge in [0.2, 0.25) is 0 Å². The Morgan fingerprint density at radius 3 is 2.54 bits per heavy atom. The molecule has 2 fully saturated rings. The number of aliphatic imine (C=N–C) groups is 1. The standard InChI is InChI=1S/C18H22ClN5O2/c1-22-15-14(16(25)21-18(22)26)24(11-12-5-7-13(19)8-6-12)17(20-15)23-9-3-2-4-10-23/h5-8,14-15H,2-4,9-11H2,1H3,(H,21,25,26). The molecule has 2 unspecified atom stereocenters. The van der Waals surface area contributed by atoms with Crippen LogP contribution in [0.25, 0.3) is 0 Å². The Morgan fingerprint density at radius 1 is 1.15 bits per heavy atom. The Bertz CT molecular complexity index is 744. The Hall–Kier alpha value is -2.28. The van der Waals surface area contributed by atoms with Crippen molar-refractivity contribution < 1.29 is 9.59 Å². The quantitative estimate of drug-likeness (QED) is 0.856. The minimum absolute atomic E-state index is 0.289. The van der Waals surface area contributed by atoms with Crippen LogP contribution in [0.3, 0.4) is 0 Å². The third kappa shape index (κ3) is 3.00. The topological polar surface area (TPSA) is 68.2 Å². The number of urea groups is 1. The fourth-order valence-electron chi connectivity index (χ4n) is 3.82. The van der Waals surface area contributed by atoms with Crippen LogP contribution in [0.4, 0.5) is 4.79 Å².